The van der Waals surface area contributed by atoms with Crippen molar-refractivity contribution in [1.29, 1.82) is 0 Å². The van der Waals surface area contributed by atoms with Crippen LogP contribution in [0.4, 0.5) is 0 Å². The molecule has 0 spiro atoms. The first-order valence-electron chi connectivity index (χ1n) is 4.78. The molecule has 0 saturated carbocycles. The third-order valence-corrected chi connectivity index (χ3v) is 2.31. The molecule has 1 aliphatic heterocycles. The third-order valence-electron chi connectivity index (χ3n) is 2.31. The lowest BCUT2D eigenvalue weighted by Gasteiger charge is -2.20. The van der Waals surface area contributed by atoms with Crippen molar-refractivity contribution < 1.29 is 24.6 Å². The molecule has 0 radical (unpaired) electrons. The normalized spacial score (nSPS) is 13.1. The van der Waals surface area contributed by atoms with Gasteiger partial charge in [-0.1, -0.05) is 18.2 Å². The number of fused-ring (bicyclic) bond motifs is 1. The van der Waals surface area contributed by atoms with Crippen LogP contribution in [0.25, 0.3) is 6.08 Å². The van der Waals surface area contributed by atoms with Gasteiger partial charge in [-0.05, 0) is 12.1 Å². The van der Waals surface area contributed by atoms with Crippen LogP contribution in [0.3, 0.4) is 0 Å². The average Bonchev–Trinajstić information content (AvgIpc) is 2.28. The summed E-state index contributed by atoms with van der Waals surface area (Å²) in [5, 5.41) is 17.7. The van der Waals surface area contributed by atoms with Crippen molar-refractivity contribution in [1.82, 2.24) is 5.48 Å². The first kappa shape index (κ1) is 11.0. The van der Waals surface area contributed by atoms with Crippen LogP contribution in [0, 0.1) is 5.92 Å². The average molecular weight is 235 g/mol. The van der Waals surface area contributed by atoms with E-state index in [-0.39, 0.29) is 5.70 Å². The predicted molar refractivity (Wildman–Crippen MR) is 56.9 cm³/mol. The lowest BCUT2D eigenvalue weighted by atomic mass is 10.0. The van der Waals surface area contributed by atoms with E-state index >= 15 is 0 Å². The lowest BCUT2D eigenvalue weighted by molar-refractivity contribution is -0.153. The number of carboxylic acids is 2. The number of hydroxylamine groups is 1. The van der Waals surface area contributed by atoms with E-state index in [2.05, 4.69) is 5.48 Å². The Bertz CT molecular complexity index is 494. The van der Waals surface area contributed by atoms with Gasteiger partial charge in [0.15, 0.2) is 11.7 Å². The number of hydrogen-bond donors (Lipinski definition) is 3. The molecule has 0 fully saturated rings. The molecule has 1 aliphatic rings. The fourth-order valence-electron chi connectivity index (χ4n) is 1.52. The highest BCUT2D eigenvalue weighted by atomic mass is 16.6. The van der Waals surface area contributed by atoms with Gasteiger partial charge in [0, 0.05) is 5.56 Å². The molecule has 6 heteroatoms. The van der Waals surface area contributed by atoms with Crippen molar-refractivity contribution in [3.63, 3.8) is 0 Å². The van der Waals surface area contributed by atoms with E-state index in [9.17, 15) is 9.59 Å². The van der Waals surface area contributed by atoms with Gasteiger partial charge in [0.25, 0.3) is 0 Å². The van der Waals surface area contributed by atoms with E-state index in [0.717, 1.165) is 0 Å². The number of rotatable bonds is 3. The molecule has 1 heterocycles. The van der Waals surface area contributed by atoms with E-state index < -0.39 is 17.9 Å². The molecule has 0 bridgehead atoms. The van der Waals surface area contributed by atoms with Gasteiger partial charge in [-0.15, -0.1) is 0 Å². The minimum atomic E-state index is -1.66. The van der Waals surface area contributed by atoms with Crippen LogP contribution in [0.2, 0.25) is 0 Å². The van der Waals surface area contributed by atoms with E-state index in [1.807, 2.05) is 0 Å². The van der Waals surface area contributed by atoms with Gasteiger partial charge in [0.2, 0.25) is 0 Å². The van der Waals surface area contributed by atoms with Gasteiger partial charge in [-0.3, -0.25) is 9.59 Å². The molecule has 0 atom stereocenters. The second-order valence-corrected chi connectivity index (χ2v) is 3.45. The van der Waals surface area contributed by atoms with Gasteiger partial charge in [-0.25, -0.2) is 5.48 Å². The van der Waals surface area contributed by atoms with Crippen molar-refractivity contribution >= 4 is 18.0 Å². The number of carbonyl (C=O) groups is 2. The molecule has 17 heavy (non-hydrogen) atoms. The largest absolute Gasteiger partial charge is 0.480 e. The number of para-hydroxylation sites is 1. The summed E-state index contributed by atoms with van der Waals surface area (Å²) in [6.45, 7) is 0. The maximum atomic E-state index is 10.8. The summed E-state index contributed by atoms with van der Waals surface area (Å²) in [6, 6.07) is 6.90. The molecule has 0 aliphatic carbocycles. The topological polar surface area (TPSA) is 95.9 Å². The Morgan fingerprint density at radius 1 is 1.18 bits per heavy atom. The number of aliphatic carboxylic acids is 2. The second-order valence-electron chi connectivity index (χ2n) is 3.45. The fourth-order valence-corrected chi connectivity index (χ4v) is 1.52. The Kier molecular flexibility index (Phi) is 2.70. The van der Waals surface area contributed by atoms with Gasteiger partial charge in [0.05, 0.1) is 5.70 Å². The summed E-state index contributed by atoms with van der Waals surface area (Å²) in [7, 11) is 0. The molecule has 3 N–H and O–H groups in total. The summed E-state index contributed by atoms with van der Waals surface area (Å²) < 4.78 is 0. The zero-order chi connectivity index (χ0) is 12.4. The fraction of sp³-hybridized carbons (Fsp3) is 0.0909. The highest BCUT2D eigenvalue weighted by Gasteiger charge is 2.32. The smallest absolute Gasteiger partial charge is 0.324 e. The zero-order valence-corrected chi connectivity index (χ0v) is 8.58. The summed E-state index contributed by atoms with van der Waals surface area (Å²) in [4.78, 5) is 26.7. The highest BCUT2D eigenvalue weighted by molar-refractivity contribution is 5.97. The van der Waals surface area contributed by atoms with Crippen molar-refractivity contribution in [3.05, 3.63) is 35.5 Å². The standard InChI is InChI=1S/C11H9NO5/c13-10(14)9(11(15)16)7-5-6-3-1-2-4-8(6)17-12-7/h1-5,9,12H,(H,13,14)(H,15,16). The number of nitrogens with one attached hydrogen (secondary N) is 1. The van der Waals surface area contributed by atoms with E-state index in [1.54, 1.807) is 24.3 Å². The van der Waals surface area contributed by atoms with Crippen LogP contribution in [0.1, 0.15) is 5.56 Å². The molecule has 1 aromatic rings. The van der Waals surface area contributed by atoms with Gasteiger partial charge in [0.1, 0.15) is 0 Å². The summed E-state index contributed by atoms with van der Waals surface area (Å²) >= 11 is 0. The minimum Gasteiger partial charge on any atom is -0.480 e. The molecule has 0 saturated heterocycles. The molecule has 0 aromatic heterocycles. The Hall–Kier alpha value is -2.50. The van der Waals surface area contributed by atoms with Crippen LogP contribution in [0.5, 0.6) is 5.75 Å². The number of benzene rings is 1. The second kappa shape index (κ2) is 4.17. The van der Waals surface area contributed by atoms with Crippen molar-refractivity contribution in [2.45, 2.75) is 0 Å². The van der Waals surface area contributed by atoms with Gasteiger partial charge in [-0.2, -0.15) is 0 Å². The van der Waals surface area contributed by atoms with Crippen molar-refractivity contribution in [2.75, 3.05) is 0 Å². The SMILES string of the molecule is O=C(O)C(C(=O)O)C1=Cc2ccccc2ON1. The molecular formula is C11H9NO5. The van der Waals surface area contributed by atoms with Crippen LogP contribution in [-0.4, -0.2) is 22.2 Å². The molecule has 88 valence electrons. The maximum Gasteiger partial charge on any atom is 0.324 e. The van der Waals surface area contributed by atoms with E-state index in [4.69, 9.17) is 15.1 Å². The molecule has 6 nitrogen and oxygen atoms in total. The zero-order valence-electron chi connectivity index (χ0n) is 8.58. The van der Waals surface area contributed by atoms with Crippen LogP contribution >= 0.6 is 0 Å². The Morgan fingerprint density at radius 2 is 1.82 bits per heavy atom. The highest BCUT2D eigenvalue weighted by Crippen LogP contribution is 2.26. The molecule has 2 rings (SSSR count). The summed E-state index contributed by atoms with van der Waals surface area (Å²) in [5.41, 5.74) is 2.96. The van der Waals surface area contributed by atoms with Crippen LogP contribution < -0.4 is 10.3 Å². The minimum absolute atomic E-state index is 0.0105. The molecule has 0 unspecified atom stereocenters. The monoisotopic (exact) mass is 235 g/mol. The Balaban J connectivity index is 2.39. The lowest BCUT2D eigenvalue weighted by Crippen LogP contribution is -2.35. The van der Waals surface area contributed by atoms with E-state index in [0.29, 0.717) is 11.3 Å². The van der Waals surface area contributed by atoms with Gasteiger partial charge >= 0.3 is 11.9 Å². The first-order chi connectivity index (χ1) is 8.09. The third kappa shape index (κ3) is 2.05. The maximum absolute atomic E-state index is 10.8. The predicted octanol–water partition coefficient (Wildman–Crippen LogP) is 0.710. The quantitative estimate of drug-likeness (QED) is 0.668. The number of hydrogen-bond acceptors (Lipinski definition) is 4. The molecular weight excluding hydrogens is 226 g/mol. The molecule has 1 aromatic carbocycles. The summed E-state index contributed by atoms with van der Waals surface area (Å²) in [6.07, 6.45) is 1.45. The molecule has 0 amide bonds. The summed E-state index contributed by atoms with van der Waals surface area (Å²) in [5.74, 6) is -4.03. The first-order valence-corrected chi connectivity index (χ1v) is 4.78. The van der Waals surface area contributed by atoms with Crippen molar-refractivity contribution in [2.24, 2.45) is 5.92 Å². The Morgan fingerprint density at radius 3 is 2.47 bits per heavy atom. The van der Waals surface area contributed by atoms with Crippen LogP contribution in [-0.2, 0) is 9.59 Å². The number of carboxylic acid groups (broad SMARTS) is 2. The van der Waals surface area contributed by atoms with Gasteiger partial charge < -0.3 is 15.1 Å². The Labute approximate surface area is 96.1 Å². The van der Waals surface area contributed by atoms with Crippen molar-refractivity contribution in [3.8, 4) is 5.75 Å². The van der Waals surface area contributed by atoms with Crippen LogP contribution in [0.15, 0.2) is 30.0 Å². The van der Waals surface area contributed by atoms with E-state index in [1.165, 1.54) is 6.08 Å².